The summed E-state index contributed by atoms with van der Waals surface area (Å²) >= 11 is 15.3. The molecule has 0 spiro atoms. The molecule has 0 radical (unpaired) electrons. The lowest BCUT2D eigenvalue weighted by Crippen LogP contribution is -2.44. The fourth-order valence-electron chi connectivity index (χ4n) is 5.89. The number of aromatic nitrogens is 1. The van der Waals surface area contributed by atoms with Gasteiger partial charge in [-0.15, -0.1) is 34.5 Å². The SMILES string of the molecule is C/C(=C\c1csc(C)n1)[C@@H]1C[C@@H]2C(Cl)(Cl)[C@]2(C)CCC[C@H](C)[C@H](C)[C@@H](C)C(=O)C(C)(C)[C@@H](O)CC(=O)O1. The monoisotopic (exact) mass is 571 g/mol. The quantitative estimate of drug-likeness (QED) is 0.295. The number of aliphatic hydroxyl groups excluding tert-OH is 1. The van der Waals surface area contributed by atoms with Gasteiger partial charge in [0, 0.05) is 22.6 Å². The Morgan fingerprint density at radius 2 is 1.86 bits per heavy atom. The van der Waals surface area contributed by atoms with Crippen LogP contribution in [0.2, 0.25) is 0 Å². The van der Waals surface area contributed by atoms with Gasteiger partial charge in [0.1, 0.15) is 16.2 Å². The number of esters is 1. The molecule has 208 valence electrons. The highest BCUT2D eigenvalue weighted by Gasteiger charge is 2.72. The molecule has 7 atom stereocenters. The molecule has 1 aromatic heterocycles. The number of cyclic esters (lactones) is 1. The Hall–Kier alpha value is -0.950. The van der Waals surface area contributed by atoms with Gasteiger partial charge < -0.3 is 9.84 Å². The number of ether oxygens (including phenoxy) is 1. The molecule has 2 fully saturated rings. The number of rotatable bonds is 2. The highest BCUT2D eigenvalue weighted by molar-refractivity contribution is 7.09. The Morgan fingerprint density at radius 3 is 2.46 bits per heavy atom. The van der Waals surface area contributed by atoms with E-state index in [1.54, 1.807) is 25.2 Å². The van der Waals surface area contributed by atoms with Gasteiger partial charge in [0.25, 0.3) is 0 Å². The first-order chi connectivity index (χ1) is 17.0. The number of aliphatic hydroxyl groups is 1. The number of carbonyl (C=O) groups excluding carboxylic acids is 2. The molecule has 0 bridgehead atoms. The Labute approximate surface area is 236 Å². The summed E-state index contributed by atoms with van der Waals surface area (Å²) in [4.78, 5) is 31.1. The van der Waals surface area contributed by atoms with Crippen molar-refractivity contribution in [2.45, 2.75) is 104 Å². The normalized spacial score (nSPS) is 37.5. The minimum Gasteiger partial charge on any atom is -0.458 e. The third-order valence-corrected chi connectivity index (χ3v) is 11.6. The lowest BCUT2D eigenvalue weighted by atomic mass is 9.70. The van der Waals surface area contributed by atoms with Crippen LogP contribution in [0.5, 0.6) is 0 Å². The highest BCUT2D eigenvalue weighted by atomic mass is 35.5. The molecule has 0 amide bonds. The third-order valence-electron chi connectivity index (χ3n) is 9.41. The molecule has 3 rings (SSSR count). The van der Waals surface area contributed by atoms with E-state index in [4.69, 9.17) is 27.9 Å². The van der Waals surface area contributed by atoms with Gasteiger partial charge in [-0.25, -0.2) is 4.98 Å². The number of hydrogen-bond donors (Lipinski definition) is 1. The van der Waals surface area contributed by atoms with Crippen molar-refractivity contribution < 1.29 is 19.4 Å². The molecule has 1 aromatic rings. The Kier molecular flexibility index (Phi) is 9.32. The molecule has 2 heterocycles. The number of halogens is 2. The fourth-order valence-corrected chi connectivity index (χ4v) is 7.47. The largest absolute Gasteiger partial charge is 0.458 e. The maximum Gasteiger partial charge on any atom is 0.309 e. The van der Waals surface area contributed by atoms with Crippen molar-refractivity contribution in [1.29, 1.82) is 0 Å². The van der Waals surface area contributed by atoms with Crippen LogP contribution in [0.4, 0.5) is 0 Å². The second-order valence-corrected chi connectivity index (χ2v) is 14.8. The Balaban J connectivity index is 1.93. The van der Waals surface area contributed by atoms with Crippen molar-refractivity contribution in [3.8, 4) is 0 Å². The smallest absolute Gasteiger partial charge is 0.309 e. The Bertz CT molecular complexity index is 1030. The summed E-state index contributed by atoms with van der Waals surface area (Å²) in [5.74, 6) is -0.383. The van der Waals surface area contributed by atoms with E-state index in [9.17, 15) is 14.7 Å². The van der Waals surface area contributed by atoms with E-state index in [0.29, 0.717) is 12.3 Å². The van der Waals surface area contributed by atoms with Crippen LogP contribution in [0.1, 0.15) is 91.3 Å². The molecular weight excluding hydrogens is 529 g/mol. The number of fused-ring (bicyclic) bond motifs is 1. The molecule has 1 aliphatic heterocycles. The minimum absolute atomic E-state index is 0.0273. The standard InChI is InChI=1S/C29H43Cl2NO4S/c1-16-10-9-11-28(8)23(29(28,30)31)13-22(17(2)12-21-15-37-20(5)32-21)36-25(34)14-24(33)27(6,7)26(35)19(4)18(16)3/h12,15-16,18-19,22-24,33H,9-11,13-14H2,1-8H3/b17-12+/t16-,18-,19+,22-,23-,24-,28+/m0/s1. The maximum absolute atomic E-state index is 13.4. The van der Waals surface area contributed by atoms with Crippen molar-refractivity contribution >= 4 is 52.4 Å². The number of thiazole rings is 1. The van der Waals surface area contributed by atoms with E-state index >= 15 is 0 Å². The first-order valence-electron chi connectivity index (χ1n) is 13.4. The number of alkyl halides is 2. The second kappa shape index (κ2) is 11.3. The van der Waals surface area contributed by atoms with Gasteiger partial charge in [-0.2, -0.15) is 0 Å². The van der Waals surface area contributed by atoms with Gasteiger partial charge in [0.2, 0.25) is 0 Å². The summed E-state index contributed by atoms with van der Waals surface area (Å²) in [6.07, 6.45) is 3.23. The molecule has 1 saturated heterocycles. The second-order valence-electron chi connectivity index (χ2n) is 12.3. The molecule has 37 heavy (non-hydrogen) atoms. The fraction of sp³-hybridized carbons (Fsp3) is 0.759. The number of nitrogens with zero attached hydrogens (tertiary/aromatic N) is 1. The summed E-state index contributed by atoms with van der Waals surface area (Å²) in [5.41, 5.74) is 0.298. The lowest BCUT2D eigenvalue weighted by Gasteiger charge is -2.35. The van der Waals surface area contributed by atoms with Crippen LogP contribution in [0.15, 0.2) is 11.0 Å². The van der Waals surface area contributed by atoms with E-state index in [1.165, 1.54) is 0 Å². The Morgan fingerprint density at radius 1 is 1.22 bits per heavy atom. The number of aryl methyl sites for hydroxylation is 1. The number of Topliss-reactive ketones (excluding diaryl/α,β-unsaturated/α-hetero) is 1. The third kappa shape index (κ3) is 6.28. The zero-order chi connectivity index (χ0) is 27.9. The summed E-state index contributed by atoms with van der Waals surface area (Å²) in [6.45, 7) is 15.7. The van der Waals surface area contributed by atoms with Gasteiger partial charge in [0.05, 0.1) is 28.6 Å². The highest BCUT2D eigenvalue weighted by Crippen LogP contribution is 2.73. The summed E-state index contributed by atoms with van der Waals surface area (Å²) in [6, 6.07) is 0. The molecule has 0 aromatic carbocycles. The van der Waals surface area contributed by atoms with Crippen molar-refractivity contribution in [1.82, 2.24) is 4.98 Å². The van der Waals surface area contributed by atoms with E-state index in [2.05, 4.69) is 25.8 Å². The van der Waals surface area contributed by atoms with Crippen molar-refractivity contribution in [3.05, 3.63) is 21.7 Å². The van der Waals surface area contributed by atoms with E-state index in [1.807, 2.05) is 32.2 Å². The molecular formula is C29H43Cl2NO4S. The average molecular weight is 573 g/mol. The molecule has 8 heteroatoms. The summed E-state index contributed by atoms with van der Waals surface area (Å²) in [5, 5.41) is 13.9. The van der Waals surface area contributed by atoms with Gasteiger partial charge >= 0.3 is 5.97 Å². The van der Waals surface area contributed by atoms with Gasteiger partial charge in [0.15, 0.2) is 0 Å². The van der Waals surface area contributed by atoms with Crippen LogP contribution >= 0.6 is 34.5 Å². The van der Waals surface area contributed by atoms with Gasteiger partial charge in [-0.05, 0) is 50.2 Å². The van der Waals surface area contributed by atoms with Crippen LogP contribution in [-0.4, -0.2) is 38.4 Å². The molecule has 1 aliphatic carbocycles. The van der Waals surface area contributed by atoms with Crippen molar-refractivity contribution in [2.75, 3.05) is 0 Å². The summed E-state index contributed by atoms with van der Waals surface area (Å²) in [7, 11) is 0. The van der Waals surface area contributed by atoms with Crippen LogP contribution < -0.4 is 0 Å². The lowest BCUT2D eigenvalue weighted by molar-refractivity contribution is -0.154. The van der Waals surface area contributed by atoms with Crippen LogP contribution in [0.3, 0.4) is 0 Å². The maximum atomic E-state index is 13.4. The van der Waals surface area contributed by atoms with Crippen molar-refractivity contribution in [2.24, 2.45) is 34.5 Å². The molecule has 1 saturated carbocycles. The van der Waals surface area contributed by atoms with Crippen LogP contribution in [-0.2, 0) is 14.3 Å². The first-order valence-corrected chi connectivity index (χ1v) is 15.1. The molecule has 5 nitrogen and oxygen atoms in total. The predicted octanol–water partition coefficient (Wildman–Crippen LogP) is 7.41. The number of ketones is 1. The van der Waals surface area contributed by atoms with Crippen LogP contribution in [0.25, 0.3) is 6.08 Å². The molecule has 2 aliphatic rings. The number of hydrogen-bond acceptors (Lipinski definition) is 6. The predicted molar refractivity (Wildman–Crippen MR) is 152 cm³/mol. The van der Waals surface area contributed by atoms with Crippen molar-refractivity contribution in [3.63, 3.8) is 0 Å². The zero-order valence-corrected chi connectivity index (χ0v) is 25.8. The van der Waals surface area contributed by atoms with Crippen LogP contribution in [0, 0.1) is 41.4 Å². The minimum atomic E-state index is -1.15. The molecule has 1 N–H and O–H groups in total. The van der Waals surface area contributed by atoms with Gasteiger partial charge in [-0.1, -0.05) is 54.4 Å². The van der Waals surface area contributed by atoms with E-state index in [-0.39, 0.29) is 35.4 Å². The first kappa shape index (κ1) is 30.6. The zero-order valence-electron chi connectivity index (χ0n) is 23.4. The molecule has 0 unspecified atom stereocenters. The van der Waals surface area contributed by atoms with E-state index in [0.717, 1.165) is 35.5 Å². The van der Waals surface area contributed by atoms with E-state index < -0.39 is 27.9 Å². The van der Waals surface area contributed by atoms with Gasteiger partial charge in [-0.3, -0.25) is 9.59 Å². The topological polar surface area (TPSA) is 76.5 Å². The number of carbonyl (C=O) groups is 2. The average Bonchev–Trinajstić information content (AvgIpc) is 3.06. The summed E-state index contributed by atoms with van der Waals surface area (Å²) < 4.78 is 5.07.